The smallest absolute Gasteiger partial charge is 0.253 e. The summed E-state index contributed by atoms with van der Waals surface area (Å²) in [6, 6.07) is 8.87. The van der Waals surface area contributed by atoms with Gasteiger partial charge in [0.25, 0.3) is 5.91 Å². The van der Waals surface area contributed by atoms with Crippen LogP contribution >= 0.6 is 23.2 Å². The number of carbonyl (C=O) groups is 1. The zero-order chi connectivity index (χ0) is 18.7. The predicted molar refractivity (Wildman–Crippen MR) is 108 cm³/mol. The first-order chi connectivity index (χ1) is 12.4. The molecule has 0 aliphatic heterocycles. The standard InChI is InChI=1S/C20H23Cl2N3O/c1-12(2)19-15(20(26)23-11-13-4-3-5-13)7-9-18(25-19)24-17-8-6-14(21)10-16(17)22/h6-10,12-13H,3-5,11H2,1-2H3,(H,23,26)(H,24,25). The fourth-order valence-corrected chi connectivity index (χ4v) is 3.39. The van der Waals surface area contributed by atoms with E-state index in [9.17, 15) is 4.79 Å². The summed E-state index contributed by atoms with van der Waals surface area (Å²) in [5, 5.41) is 7.34. The van der Waals surface area contributed by atoms with E-state index in [1.807, 2.05) is 19.9 Å². The molecule has 2 N–H and O–H groups in total. The molecule has 1 fully saturated rings. The van der Waals surface area contributed by atoms with Gasteiger partial charge < -0.3 is 10.6 Å². The zero-order valence-electron chi connectivity index (χ0n) is 15.0. The van der Waals surface area contributed by atoms with E-state index in [2.05, 4.69) is 15.6 Å². The van der Waals surface area contributed by atoms with Crippen LogP contribution < -0.4 is 10.6 Å². The third-order valence-electron chi connectivity index (χ3n) is 4.69. The second kappa shape index (κ2) is 8.28. The highest BCUT2D eigenvalue weighted by Gasteiger charge is 2.21. The van der Waals surface area contributed by atoms with E-state index in [1.165, 1.54) is 19.3 Å². The van der Waals surface area contributed by atoms with Crippen molar-refractivity contribution in [3.8, 4) is 0 Å². The summed E-state index contributed by atoms with van der Waals surface area (Å²) in [5.74, 6) is 1.35. The molecule has 1 saturated carbocycles. The lowest BCUT2D eigenvalue weighted by Gasteiger charge is -2.25. The second-order valence-electron chi connectivity index (χ2n) is 7.04. The SMILES string of the molecule is CC(C)c1nc(Nc2ccc(Cl)cc2Cl)ccc1C(=O)NCC1CCC1. The summed E-state index contributed by atoms with van der Waals surface area (Å²) >= 11 is 12.2. The normalized spacial score (nSPS) is 14.2. The van der Waals surface area contributed by atoms with Crippen LogP contribution in [0.5, 0.6) is 0 Å². The fraction of sp³-hybridized carbons (Fsp3) is 0.400. The van der Waals surface area contributed by atoms with E-state index >= 15 is 0 Å². The maximum atomic E-state index is 12.6. The minimum absolute atomic E-state index is 0.0517. The van der Waals surface area contributed by atoms with Gasteiger partial charge in [-0.3, -0.25) is 4.79 Å². The lowest BCUT2D eigenvalue weighted by atomic mass is 9.85. The van der Waals surface area contributed by atoms with Crippen LogP contribution in [0.2, 0.25) is 10.0 Å². The van der Waals surface area contributed by atoms with Gasteiger partial charge in [0.15, 0.2) is 0 Å². The number of nitrogens with one attached hydrogen (secondary N) is 2. The Bertz CT molecular complexity index is 804. The van der Waals surface area contributed by atoms with Gasteiger partial charge in [-0.1, -0.05) is 43.5 Å². The maximum Gasteiger partial charge on any atom is 0.253 e. The number of hydrogen-bond donors (Lipinski definition) is 2. The maximum absolute atomic E-state index is 12.6. The number of hydrogen-bond acceptors (Lipinski definition) is 3. The van der Waals surface area contributed by atoms with E-state index < -0.39 is 0 Å². The summed E-state index contributed by atoms with van der Waals surface area (Å²) in [7, 11) is 0. The first-order valence-electron chi connectivity index (χ1n) is 8.95. The van der Waals surface area contributed by atoms with Crippen LogP contribution in [0, 0.1) is 5.92 Å². The third-order valence-corrected chi connectivity index (χ3v) is 5.23. The first kappa shape index (κ1) is 19.0. The van der Waals surface area contributed by atoms with Crippen LogP contribution in [0.4, 0.5) is 11.5 Å². The van der Waals surface area contributed by atoms with Crippen LogP contribution in [-0.2, 0) is 0 Å². The predicted octanol–water partition coefficient (Wildman–Crippen LogP) is 5.79. The summed E-state index contributed by atoms with van der Waals surface area (Å²) < 4.78 is 0. The minimum Gasteiger partial charge on any atom is -0.352 e. The van der Waals surface area contributed by atoms with Crippen molar-refractivity contribution in [2.75, 3.05) is 11.9 Å². The fourth-order valence-electron chi connectivity index (χ4n) is 2.93. The molecular formula is C20H23Cl2N3O. The largest absolute Gasteiger partial charge is 0.352 e. The van der Waals surface area contributed by atoms with E-state index in [0.29, 0.717) is 27.3 Å². The molecule has 0 radical (unpaired) electrons. The highest BCUT2D eigenvalue weighted by molar-refractivity contribution is 6.36. The summed E-state index contributed by atoms with van der Waals surface area (Å²) in [6.45, 7) is 4.81. The topological polar surface area (TPSA) is 54.0 Å². The van der Waals surface area contributed by atoms with Crippen LogP contribution in [0.25, 0.3) is 0 Å². The van der Waals surface area contributed by atoms with E-state index in [4.69, 9.17) is 23.2 Å². The quantitative estimate of drug-likeness (QED) is 0.655. The van der Waals surface area contributed by atoms with Crippen LogP contribution in [0.15, 0.2) is 30.3 Å². The number of carbonyl (C=O) groups excluding carboxylic acids is 1. The van der Waals surface area contributed by atoms with Gasteiger partial charge in [0, 0.05) is 11.6 Å². The van der Waals surface area contributed by atoms with Gasteiger partial charge in [0.05, 0.1) is 22.0 Å². The molecule has 0 atom stereocenters. The molecule has 0 spiro atoms. The molecule has 2 aromatic rings. The van der Waals surface area contributed by atoms with Gasteiger partial charge in [-0.05, 0) is 55.0 Å². The van der Waals surface area contributed by atoms with Crippen molar-refractivity contribution in [3.05, 3.63) is 51.6 Å². The summed E-state index contributed by atoms with van der Waals surface area (Å²) in [6.07, 6.45) is 3.69. The Morgan fingerprint density at radius 3 is 2.62 bits per heavy atom. The number of aromatic nitrogens is 1. The molecule has 1 aromatic carbocycles. The van der Waals surface area contributed by atoms with Gasteiger partial charge in [-0.25, -0.2) is 4.98 Å². The molecule has 138 valence electrons. The number of anilines is 2. The Morgan fingerprint density at radius 2 is 2.00 bits per heavy atom. The molecule has 1 heterocycles. The zero-order valence-corrected chi connectivity index (χ0v) is 16.5. The molecule has 1 amide bonds. The van der Waals surface area contributed by atoms with Gasteiger partial charge in [0.2, 0.25) is 0 Å². The van der Waals surface area contributed by atoms with Gasteiger partial charge in [-0.15, -0.1) is 0 Å². The van der Waals surface area contributed by atoms with Crippen LogP contribution in [0.1, 0.15) is 55.1 Å². The molecule has 4 nitrogen and oxygen atoms in total. The van der Waals surface area contributed by atoms with Gasteiger partial charge >= 0.3 is 0 Å². The highest BCUT2D eigenvalue weighted by Crippen LogP contribution is 2.29. The van der Waals surface area contributed by atoms with E-state index in [1.54, 1.807) is 24.3 Å². The number of amides is 1. The van der Waals surface area contributed by atoms with Crippen molar-refractivity contribution in [3.63, 3.8) is 0 Å². The Labute approximate surface area is 164 Å². The lowest BCUT2D eigenvalue weighted by molar-refractivity contribution is 0.0937. The van der Waals surface area contributed by atoms with Crippen molar-refractivity contribution in [1.82, 2.24) is 10.3 Å². The summed E-state index contributed by atoms with van der Waals surface area (Å²) in [4.78, 5) is 17.2. The molecule has 3 rings (SSSR count). The molecule has 1 aromatic heterocycles. The molecule has 0 saturated heterocycles. The molecule has 1 aliphatic carbocycles. The molecule has 26 heavy (non-hydrogen) atoms. The average molecular weight is 392 g/mol. The van der Waals surface area contributed by atoms with Crippen molar-refractivity contribution >= 4 is 40.6 Å². The Balaban J connectivity index is 1.78. The Kier molecular flexibility index (Phi) is 6.05. The number of nitrogens with zero attached hydrogens (tertiary/aromatic N) is 1. The van der Waals surface area contributed by atoms with Gasteiger partial charge in [0.1, 0.15) is 5.82 Å². The number of rotatable bonds is 6. The van der Waals surface area contributed by atoms with Crippen molar-refractivity contribution in [2.45, 2.75) is 39.0 Å². The number of halogens is 2. The Morgan fingerprint density at radius 1 is 1.23 bits per heavy atom. The van der Waals surface area contributed by atoms with Crippen LogP contribution in [0.3, 0.4) is 0 Å². The Hall–Kier alpha value is -1.78. The second-order valence-corrected chi connectivity index (χ2v) is 7.88. The summed E-state index contributed by atoms with van der Waals surface area (Å²) in [5.41, 5.74) is 2.12. The molecule has 1 aliphatic rings. The number of benzene rings is 1. The number of pyridine rings is 1. The third kappa shape index (κ3) is 4.49. The van der Waals surface area contributed by atoms with E-state index in [-0.39, 0.29) is 11.8 Å². The van der Waals surface area contributed by atoms with Gasteiger partial charge in [-0.2, -0.15) is 0 Å². The van der Waals surface area contributed by atoms with E-state index in [0.717, 1.165) is 17.9 Å². The van der Waals surface area contributed by atoms with Crippen molar-refractivity contribution < 1.29 is 4.79 Å². The highest BCUT2D eigenvalue weighted by atomic mass is 35.5. The van der Waals surface area contributed by atoms with Crippen molar-refractivity contribution in [2.24, 2.45) is 5.92 Å². The monoisotopic (exact) mass is 391 g/mol. The molecule has 0 unspecified atom stereocenters. The molecule has 6 heteroatoms. The average Bonchev–Trinajstić information content (AvgIpc) is 2.55. The first-order valence-corrected chi connectivity index (χ1v) is 9.71. The minimum atomic E-state index is -0.0517. The lowest BCUT2D eigenvalue weighted by Crippen LogP contribution is -2.33. The van der Waals surface area contributed by atoms with Crippen molar-refractivity contribution in [1.29, 1.82) is 0 Å². The molecule has 0 bridgehead atoms. The molecular weight excluding hydrogens is 369 g/mol. The van der Waals surface area contributed by atoms with Crippen LogP contribution in [-0.4, -0.2) is 17.4 Å².